The first-order valence-corrected chi connectivity index (χ1v) is 8.78. The van der Waals surface area contributed by atoms with E-state index in [1.54, 1.807) is 11.3 Å². The first-order chi connectivity index (χ1) is 9.93. The first-order valence-electron chi connectivity index (χ1n) is 7.18. The molecule has 1 rings (SSSR count). The number of thiophene rings is 1. The van der Waals surface area contributed by atoms with Crippen LogP contribution in [0.25, 0.3) is 0 Å². The second-order valence-electron chi connectivity index (χ2n) is 5.13. The van der Waals surface area contributed by atoms with Crippen molar-refractivity contribution in [3.8, 4) is 0 Å². The predicted octanol–water partition coefficient (Wildman–Crippen LogP) is 3.84. The summed E-state index contributed by atoms with van der Waals surface area (Å²) in [5.74, 6) is -0.908. The molecule has 0 fully saturated rings. The molecule has 4 nitrogen and oxygen atoms in total. The lowest BCUT2D eigenvalue weighted by Crippen LogP contribution is -2.42. The van der Waals surface area contributed by atoms with Gasteiger partial charge in [-0.05, 0) is 53.7 Å². The van der Waals surface area contributed by atoms with Crippen LogP contribution in [0, 0.1) is 5.41 Å². The number of halogens is 1. The molecule has 1 amide bonds. The second kappa shape index (κ2) is 8.54. The zero-order valence-corrected chi connectivity index (χ0v) is 14.8. The number of rotatable bonds is 9. The maximum Gasteiger partial charge on any atom is 0.311 e. The van der Waals surface area contributed by atoms with E-state index in [0.717, 1.165) is 16.6 Å². The minimum absolute atomic E-state index is 0.0712. The molecular weight excluding hydrogens is 354 g/mol. The van der Waals surface area contributed by atoms with Crippen LogP contribution < -0.4 is 5.32 Å². The van der Waals surface area contributed by atoms with Gasteiger partial charge in [0.1, 0.15) is 0 Å². The lowest BCUT2D eigenvalue weighted by atomic mass is 9.82. The number of aryl methyl sites for hydroxylation is 1. The third-order valence-electron chi connectivity index (χ3n) is 3.89. The zero-order valence-electron chi connectivity index (χ0n) is 12.4. The average Bonchev–Trinajstić information content (AvgIpc) is 2.86. The van der Waals surface area contributed by atoms with E-state index in [9.17, 15) is 14.7 Å². The fourth-order valence-electron chi connectivity index (χ4n) is 2.14. The molecule has 0 bridgehead atoms. The molecule has 1 aromatic heterocycles. The Bertz CT molecular complexity index is 483. The fraction of sp³-hybridized carbons (Fsp3) is 0.600. The molecule has 0 aromatic carbocycles. The Balaban J connectivity index is 2.34. The molecule has 0 atom stereocenters. The van der Waals surface area contributed by atoms with Crippen LogP contribution in [0.2, 0.25) is 0 Å². The SMILES string of the molecule is CCC(CC)(CNC(=O)CCCc1ccc(Br)s1)C(=O)O. The highest BCUT2D eigenvalue weighted by molar-refractivity contribution is 9.11. The number of nitrogens with one attached hydrogen (secondary N) is 1. The van der Waals surface area contributed by atoms with Gasteiger partial charge in [-0.2, -0.15) is 0 Å². The predicted molar refractivity (Wildman–Crippen MR) is 88.6 cm³/mol. The van der Waals surface area contributed by atoms with Crippen LogP contribution in [0.5, 0.6) is 0 Å². The molecule has 118 valence electrons. The van der Waals surface area contributed by atoms with Crippen molar-refractivity contribution in [2.24, 2.45) is 5.41 Å². The lowest BCUT2D eigenvalue weighted by molar-refractivity contribution is -0.149. The lowest BCUT2D eigenvalue weighted by Gasteiger charge is -2.26. The van der Waals surface area contributed by atoms with Crippen molar-refractivity contribution in [2.45, 2.75) is 46.0 Å². The monoisotopic (exact) mass is 375 g/mol. The Hall–Kier alpha value is -0.880. The minimum atomic E-state index is -0.839. The summed E-state index contributed by atoms with van der Waals surface area (Å²) in [6.45, 7) is 3.90. The summed E-state index contributed by atoms with van der Waals surface area (Å²) in [4.78, 5) is 24.4. The third-order valence-corrected chi connectivity index (χ3v) is 5.57. The van der Waals surface area contributed by atoms with Gasteiger partial charge < -0.3 is 10.4 Å². The van der Waals surface area contributed by atoms with Gasteiger partial charge in [0, 0.05) is 17.8 Å². The molecule has 0 saturated carbocycles. The minimum Gasteiger partial charge on any atom is -0.481 e. The molecule has 0 aliphatic heterocycles. The summed E-state index contributed by atoms with van der Waals surface area (Å²) >= 11 is 5.09. The van der Waals surface area contributed by atoms with Gasteiger partial charge in [0.05, 0.1) is 9.20 Å². The molecule has 1 aromatic rings. The topological polar surface area (TPSA) is 66.4 Å². The maximum absolute atomic E-state index is 11.8. The van der Waals surface area contributed by atoms with Crippen molar-refractivity contribution in [1.29, 1.82) is 0 Å². The van der Waals surface area contributed by atoms with Crippen LogP contribution in [0.4, 0.5) is 0 Å². The van der Waals surface area contributed by atoms with Crippen molar-refractivity contribution in [2.75, 3.05) is 6.54 Å². The van der Waals surface area contributed by atoms with Crippen molar-refractivity contribution in [3.63, 3.8) is 0 Å². The highest BCUT2D eigenvalue weighted by Crippen LogP contribution is 2.26. The van der Waals surface area contributed by atoms with E-state index in [0.29, 0.717) is 19.3 Å². The molecule has 2 N–H and O–H groups in total. The number of aliphatic carboxylic acids is 1. The number of amides is 1. The van der Waals surface area contributed by atoms with Crippen LogP contribution in [0.15, 0.2) is 15.9 Å². The highest BCUT2D eigenvalue weighted by Gasteiger charge is 2.34. The summed E-state index contributed by atoms with van der Waals surface area (Å²) in [6, 6.07) is 4.06. The van der Waals surface area contributed by atoms with E-state index < -0.39 is 11.4 Å². The number of carboxylic acids is 1. The number of hydrogen-bond acceptors (Lipinski definition) is 3. The normalized spacial score (nSPS) is 11.4. The number of carboxylic acid groups (broad SMARTS) is 1. The quantitative estimate of drug-likeness (QED) is 0.688. The third kappa shape index (κ3) is 5.43. The van der Waals surface area contributed by atoms with Gasteiger partial charge in [-0.3, -0.25) is 9.59 Å². The van der Waals surface area contributed by atoms with E-state index in [1.165, 1.54) is 4.88 Å². The summed E-state index contributed by atoms with van der Waals surface area (Å²) in [7, 11) is 0. The first kappa shape index (κ1) is 18.2. The van der Waals surface area contributed by atoms with E-state index >= 15 is 0 Å². The Kier molecular flexibility index (Phi) is 7.39. The standard InChI is InChI=1S/C15H22BrNO3S/c1-3-15(4-2,14(19)20)10-17-13(18)7-5-6-11-8-9-12(16)21-11/h8-9H,3-7,10H2,1-2H3,(H,17,18)(H,19,20). The van der Waals surface area contributed by atoms with E-state index in [2.05, 4.69) is 27.3 Å². The van der Waals surface area contributed by atoms with Gasteiger partial charge in [-0.25, -0.2) is 0 Å². The Morgan fingerprint density at radius 2 is 2.00 bits per heavy atom. The Morgan fingerprint density at radius 3 is 2.48 bits per heavy atom. The molecule has 0 spiro atoms. The van der Waals surface area contributed by atoms with Crippen molar-refractivity contribution in [1.82, 2.24) is 5.32 Å². The van der Waals surface area contributed by atoms with Gasteiger partial charge in [-0.15, -0.1) is 11.3 Å². The van der Waals surface area contributed by atoms with Crippen molar-refractivity contribution in [3.05, 3.63) is 20.8 Å². The number of carbonyl (C=O) groups is 2. The Labute approximate surface area is 138 Å². The highest BCUT2D eigenvalue weighted by atomic mass is 79.9. The number of carbonyl (C=O) groups excluding carboxylic acids is 1. The van der Waals surface area contributed by atoms with Crippen LogP contribution in [0.1, 0.15) is 44.4 Å². The molecule has 0 aliphatic carbocycles. The van der Waals surface area contributed by atoms with Gasteiger partial charge in [-0.1, -0.05) is 13.8 Å². The molecule has 0 saturated heterocycles. The van der Waals surface area contributed by atoms with E-state index in [4.69, 9.17) is 0 Å². The molecule has 6 heteroatoms. The largest absolute Gasteiger partial charge is 0.481 e. The number of hydrogen-bond donors (Lipinski definition) is 2. The maximum atomic E-state index is 11.8. The molecule has 0 aliphatic rings. The summed E-state index contributed by atoms with van der Waals surface area (Å²) in [6.07, 6.45) is 3.11. The summed E-state index contributed by atoms with van der Waals surface area (Å²) in [5.41, 5.74) is -0.839. The molecule has 21 heavy (non-hydrogen) atoms. The second-order valence-corrected chi connectivity index (χ2v) is 7.68. The smallest absolute Gasteiger partial charge is 0.311 e. The zero-order chi connectivity index (χ0) is 15.9. The molecule has 0 unspecified atom stereocenters. The van der Waals surface area contributed by atoms with Gasteiger partial charge in [0.25, 0.3) is 0 Å². The average molecular weight is 376 g/mol. The van der Waals surface area contributed by atoms with Crippen LogP contribution in [-0.4, -0.2) is 23.5 Å². The summed E-state index contributed by atoms with van der Waals surface area (Å²) in [5, 5.41) is 12.1. The van der Waals surface area contributed by atoms with Crippen molar-refractivity contribution < 1.29 is 14.7 Å². The Morgan fingerprint density at radius 1 is 1.33 bits per heavy atom. The van der Waals surface area contributed by atoms with Crippen LogP contribution in [0.3, 0.4) is 0 Å². The van der Waals surface area contributed by atoms with Gasteiger partial charge in [0.2, 0.25) is 5.91 Å². The van der Waals surface area contributed by atoms with Gasteiger partial charge in [0.15, 0.2) is 0 Å². The fourth-order valence-corrected chi connectivity index (χ4v) is 3.67. The van der Waals surface area contributed by atoms with Crippen LogP contribution in [-0.2, 0) is 16.0 Å². The molecular formula is C15H22BrNO3S. The van der Waals surface area contributed by atoms with Crippen LogP contribution >= 0.6 is 27.3 Å². The molecule has 1 heterocycles. The summed E-state index contributed by atoms with van der Waals surface area (Å²) < 4.78 is 1.10. The van der Waals surface area contributed by atoms with Gasteiger partial charge >= 0.3 is 5.97 Å². The van der Waals surface area contributed by atoms with Crippen molar-refractivity contribution >= 4 is 39.1 Å². The molecule has 0 radical (unpaired) electrons. The van der Waals surface area contributed by atoms with E-state index in [-0.39, 0.29) is 12.5 Å². The van der Waals surface area contributed by atoms with E-state index in [1.807, 2.05) is 19.9 Å².